The highest BCUT2D eigenvalue weighted by Crippen LogP contribution is 2.49. The molecule has 0 N–H and O–H groups in total. The van der Waals surface area contributed by atoms with E-state index in [4.69, 9.17) is 14.2 Å². The van der Waals surface area contributed by atoms with Crippen molar-refractivity contribution in [2.75, 3.05) is 27.2 Å². The highest BCUT2D eigenvalue weighted by molar-refractivity contribution is 5.69. The van der Waals surface area contributed by atoms with Gasteiger partial charge < -0.3 is 19.1 Å². The van der Waals surface area contributed by atoms with E-state index in [0.29, 0.717) is 24.9 Å². The Labute approximate surface area is 409 Å². The van der Waals surface area contributed by atoms with Crippen molar-refractivity contribution in [3.05, 3.63) is 120 Å². The molecule has 2 aliphatic rings. The van der Waals surface area contributed by atoms with E-state index in [1.807, 2.05) is 36.4 Å². The van der Waals surface area contributed by atoms with E-state index in [0.717, 1.165) is 89.5 Å². The number of unbranched alkanes of at least 4 members (excludes halogenated alkanes) is 17. The standard InChI is InChI=1S/C61H93NO5/c1-62(2)51-34-42-59(64)67-57(39-26-12-7-3-5-9-15-29-43-60(47-48-60)45-31-17-11-19-33-52-65-53-55-35-22-20-23-36-55)40-27-13-8-4-6-10-16-30-44-61(49-50-61)46-32-18-14-28-41-58(63)66-54-56-37-24-21-25-38-56/h20-25,29-32,35-38,43-46,57H,3-19,26-28,33-34,39-42,47-54H2,1-2H3/b43-29-,44-30-,45-31-,46-32-. The lowest BCUT2D eigenvalue weighted by Gasteiger charge is -2.18. The van der Waals surface area contributed by atoms with E-state index in [9.17, 15) is 9.59 Å². The van der Waals surface area contributed by atoms with Crippen molar-refractivity contribution in [2.24, 2.45) is 10.8 Å². The van der Waals surface area contributed by atoms with E-state index >= 15 is 0 Å². The lowest BCUT2D eigenvalue weighted by Crippen LogP contribution is -2.20. The predicted molar refractivity (Wildman–Crippen MR) is 281 cm³/mol. The van der Waals surface area contributed by atoms with Gasteiger partial charge in [0.2, 0.25) is 0 Å². The maximum Gasteiger partial charge on any atom is 0.306 e. The average Bonchev–Trinajstić information content (AvgIpc) is 4.28. The van der Waals surface area contributed by atoms with Crippen molar-refractivity contribution in [3.63, 3.8) is 0 Å². The fourth-order valence-electron chi connectivity index (χ4n) is 8.82. The number of benzene rings is 2. The number of ether oxygens (including phenoxy) is 3. The van der Waals surface area contributed by atoms with Crippen LogP contribution >= 0.6 is 0 Å². The van der Waals surface area contributed by atoms with Gasteiger partial charge in [0, 0.05) is 30.3 Å². The van der Waals surface area contributed by atoms with E-state index < -0.39 is 0 Å². The zero-order chi connectivity index (χ0) is 47.4. The van der Waals surface area contributed by atoms with Gasteiger partial charge in [-0.3, -0.25) is 9.59 Å². The molecule has 0 radical (unpaired) electrons. The summed E-state index contributed by atoms with van der Waals surface area (Å²) in [6, 6.07) is 20.3. The minimum atomic E-state index is -0.102. The molecule has 0 aliphatic heterocycles. The molecule has 4 rings (SSSR count). The van der Waals surface area contributed by atoms with Crippen molar-refractivity contribution in [3.8, 4) is 0 Å². The maximum atomic E-state index is 12.7. The Morgan fingerprint density at radius 2 is 0.925 bits per heavy atom. The van der Waals surface area contributed by atoms with E-state index in [1.54, 1.807) is 0 Å². The molecule has 1 unspecified atom stereocenters. The summed E-state index contributed by atoms with van der Waals surface area (Å²) in [6.45, 7) is 2.86. The number of carbonyl (C=O) groups is 2. The lowest BCUT2D eigenvalue weighted by atomic mass is 10.0. The van der Waals surface area contributed by atoms with Gasteiger partial charge in [-0.25, -0.2) is 0 Å². The zero-order valence-corrected chi connectivity index (χ0v) is 42.5. The smallest absolute Gasteiger partial charge is 0.306 e. The Bertz CT molecular complexity index is 1670. The lowest BCUT2D eigenvalue weighted by molar-refractivity contribution is -0.150. The van der Waals surface area contributed by atoms with Gasteiger partial charge in [-0.2, -0.15) is 0 Å². The molecule has 67 heavy (non-hydrogen) atoms. The van der Waals surface area contributed by atoms with Crippen LogP contribution in [0.5, 0.6) is 0 Å². The van der Waals surface area contributed by atoms with E-state index in [1.165, 1.54) is 121 Å². The van der Waals surface area contributed by atoms with Crippen molar-refractivity contribution in [2.45, 2.75) is 212 Å². The van der Waals surface area contributed by atoms with Gasteiger partial charge in [-0.15, -0.1) is 0 Å². The van der Waals surface area contributed by atoms with Crippen molar-refractivity contribution in [1.82, 2.24) is 4.90 Å². The largest absolute Gasteiger partial charge is 0.462 e. The monoisotopic (exact) mass is 920 g/mol. The quantitative estimate of drug-likeness (QED) is 0.0376. The number of hydrogen-bond acceptors (Lipinski definition) is 6. The number of hydrogen-bond donors (Lipinski definition) is 0. The van der Waals surface area contributed by atoms with Crippen LogP contribution in [0.4, 0.5) is 0 Å². The van der Waals surface area contributed by atoms with Crippen LogP contribution in [0.2, 0.25) is 0 Å². The van der Waals surface area contributed by atoms with Crippen LogP contribution in [0, 0.1) is 10.8 Å². The van der Waals surface area contributed by atoms with Crippen LogP contribution in [-0.4, -0.2) is 50.2 Å². The molecule has 0 bridgehead atoms. The minimum absolute atomic E-state index is 0.00917. The third-order valence-electron chi connectivity index (χ3n) is 13.5. The first-order valence-corrected chi connectivity index (χ1v) is 27.2. The molecule has 0 aromatic heterocycles. The second-order valence-electron chi connectivity index (χ2n) is 20.3. The maximum absolute atomic E-state index is 12.7. The molecular formula is C61H93NO5. The molecule has 6 heteroatoms. The minimum Gasteiger partial charge on any atom is -0.462 e. The molecule has 6 nitrogen and oxygen atoms in total. The van der Waals surface area contributed by atoms with Gasteiger partial charge in [0.05, 0.1) is 6.61 Å². The van der Waals surface area contributed by atoms with Crippen LogP contribution in [0.15, 0.2) is 109 Å². The van der Waals surface area contributed by atoms with Crippen molar-refractivity contribution < 1.29 is 23.8 Å². The molecule has 2 fully saturated rings. The van der Waals surface area contributed by atoms with Crippen LogP contribution in [0.25, 0.3) is 0 Å². The molecule has 2 aliphatic carbocycles. The van der Waals surface area contributed by atoms with Crippen LogP contribution in [0.3, 0.4) is 0 Å². The molecule has 0 heterocycles. The summed E-state index contributed by atoms with van der Waals surface area (Å²) in [4.78, 5) is 26.9. The predicted octanol–water partition coefficient (Wildman–Crippen LogP) is 16.3. The zero-order valence-electron chi connectivity index (χ0n) is 42.5. The summed E-state index contributed by atoms with van der Waals surface area (Å²) in [5.74, 6) is -0.111. The van der Waals surface area contributed by atoms with E-state index in [-0.39, 0.29) is 23.5 Å². The fourth-order valence-corrected chi connectivity index (χ4v) is 8.82. The Balaban J connectivity index is 0.958. The molecule has 0 amide bonds. The van der Waals surface area contributed by atoms with Crippen LogP contribution in [0.1, 0.15) is 204 Å². The van der Waals surface area contributed by atoms with Crippen molar-refractivity contribution >= 4 is 11.9 Å². The third-order valence-corrected chi connectivity index (χ3v) is 13.5. The second-order valence-corrected chi connectivity index (χ2v) is 20.3. The summed E-state index contributed by atoms with van der Waals surface area (Å²) in [7, 11) is 4.12. The van der Waals surface area contributed by atoms with Crippen LogP contribution in [-0.2, 0) is 37.0 Å². The molecule has 372 valence electrons. The van der Waals surface area contributed by atoms with Gasteiger partial charge in [0.1, 0.15) is 12.7 Å². The Hall–Kier alpha value is -3.74. The number of allylic oxidation sites excluding steroid dienone is 8. The summed E-state index contributed by atoms with van der Waals surface area (Å²) < 4.78 is 17.3. The Morgan fingerprint density at radius 3 is 1.40 bits per heavy atom. The molecule has 2 aromatic carbocycles. The van der Waals surface area contributed by atoms with Gasteiger partial charge in [0.25, 0.3) is 0 Å². The van der Waals surface area contributed by atoms with Gasteiger partial charge in [-0.05, 0) is 154 Å². The van der Waals surface area contributed by atoms with Gasteiger partial charge >= 0.3 is 11.9 Å². The second kappa shape index (κ2) is 35.4. The van der Waals surface area contributed by atoms with Gasteiger partial charge in [0.15, 0.2) is 0 Å². The number of esters is 2. The molecular weight excluding hydrogens is 827 g/mol. The first kappa shape index (κ1) is 55.9. The summed E-state index contributed by atoms with van der Waals surface area (Å²) >= 11 is 0. The van der Waals surface area contributed by atoms with Crippen LogP contribution < -0.4 is 0 Å². The molecule has 2 saturated carbocycles. The highest BCUT2D eigenvalue weighted by atomic mass is 16.5. The fraction of sp³-hybridized carbons (Fsp3) is 0.639. The summed E-state index contributed by atoms with van der Waals surface area (Å²) in [5.41, 5.74) is 2.93. The Morgan fingerprint density at radius 1 is 0.507 bits per heavy atom. The first-order chi connectivity index (χ1) is 32.9. The molecule has 1 atom stereocenters. The average molecular weight is 920 g/mol. The third kappa shape index (κ3) is 29.0. The molecule has 0 saturated heterocycles. The number of rotatable bonds is 42. The highest BCUT2D eigenvalue weighted by Gasteiger charge is 2.37. The Kier molecular flexibility index (Phi) is 29.5. The van der Waals surface area contributed by atoms with E-state index in [2.05, 4.69) is 91.9 Å². The van der Waals surface area contributed by atoms with Crippen molar-refractivity contribution in [1.29, 1.82) is 0 Å². The normalized spacial score (nSPS) is 15.6. The number of carbonyl (C=O) groups excluding carboxylic acids is 2. The van der Waals surface area contributed by atoms with Gasteiger partial charge in [-0.1, -0.05) is 167 Å². The summed E-state index contributed by atoms with van der Waals surface area (Å²) in [5, 5.41) is 0. The summed E-state index contributed by atoms with van der Waals surface area (Å²) in [6.07, 6.45) is 53.7. The number of nitrogens with zero attached hydrogens (tertiary/aromatic N) is 1. The molecule has 0 spiro atoms. The first-order valence-electron chi connectivity index (χ1n) is 27.2. The molecule has 2 aromatic rings. The SMILES string of the molecule is CN(C)CCCC(=O)OC(CCCCCCCC/C=C\C1(/C=C\CCCCCOCc2ccccc2)CC1)CCCCCCCC/C=C\C1(/C=C\CCCCC(=O)OCc2ccccc2)CC1. The topological polar surface area (TPSA) is 65.1 Å².